The first-order valence-corrected chi connectivity index (χ1v) is 6.09. The highest BCUT2D eigenvalue weighted by Gasteiger charge is 2.31. The van der Waals surface area contributed by atoms with Crippen LogP contribution in [0.4, 0.5) is 0 Å². The Morgan fingerprint density at radius 1 is 1.29 bits per heavy atom. The first kappa shape index (κ1) is 14.0. The molecule has 0 heterocycles. The molecule has 1 atom stereocenters. The number of aliphatic hydroxyl groups excluding tert-OH is 1. The van der Waals surface area contributed by atoms with Gasteiger partial charge in [0.15, 0.2) is 0 Å². The molecule has 96 valence electrons. The van der Waals surface area contributed by atoms with Crippen molar-refractivity contribution in [2.45, 2.75) is 44.8 Å². The van der Waals surface area contributed by atoms with E-state index in [0.29, 0.717) is 19.3 Å². The minimum absolute atomic E-state index is 0.440. The highest BCUT2D eigenvalue weighted by Crippen LogP contribution is 2.23. The number of hydrogen-bond donors (Lipinski definition) is 2. The zero-order chi connectivity index (χ0) is 12.9. The predicted molar refractivity (Wildman–Crippen MR) is 68.2 cm³/mol. The van der Waals surface area contributed by atoms with E-state index >= 15 is 0 Å². The molecular formula is C14H22O3. The monoisotopic (exact) mass is 238 g/mol. The van der Waals surface area contributed by atoms with Crippen LogP contribution in [0.25, 0.3) is 0 Å². The molecule has 0 aliphatic rings. The summed E-state index contributed by atoms with van der Waals surface area (Å²) in [5, 5.41) is 20.3. The molecule has 2 N–H and O–H groups in total. The van der Waals surface area contributed by atoms with Crippen molar-refractivity contribution >= 4 is 0 Å². The molecule has 1 aromatic carbocycles. The molecule has 0 radical (unpaired) electrons. The van der Waals surface area contributed by atoms with Crippen molar-refractivity contribution in [2.24, 2.45) is 0 Å². The van der Waals surface area contributed by atoms with Crippen LogP contribution in [-0.4, -0.2) is 29.0 Å². The topological polar surface area (TPSA) is 49.7 Å². The summed E-state index contributed by atoms with van der Waals surface area (Å²) < 4.78 is 5.13. The van der Waals surface area contributed by atoms with Gasteiger partial charge in [-0.05, 0) is 30.5 Å². The van der Waals surface area contributed by atoms with E-state index in [4.69, 9.17) is 4.74 Å². The standard InChI is InChI=1S/C14H22O3/c1-4-14(16,5-2)13(15)10-11-7-6-8-12(9-11)17-3/h6-9,13,15-16H,4-5,10H2,1-3H3. The summed E-state index contributed by atoms with van der Waals surface area (Å²) in [6, 6.07) is 7.56. The predicted octanol–water partition coefficient (Wildman–Crippen LogP) is 2.15. The molecule has 0 aliphatic heterocycles. The largest absolute Gasteiger partial charge is 0.497 e. The molecule has 0 bridgehead atoms. The van der Waals surface area contributed by atoms with Crippen LogP contribution in [0.3, 0.4) is 0 Å². The summed E-state index contributed by atoms with van der Waals surface area (Å²) in [5.41, 5.74) is -0.0273. The van der Waals surface area contributed by atoms with E-state index in [2.05, 4.69) is 0 Å². The van der Waals surface area contributed by atoms with Crippen LogP contribution < -0.4 is 4.74 Å². The van der Waals surface area contributed by atoms with Crippen LogP contribution in [0.2, 0.25) is 0 Å². The number of hydrogen-bond acceptors (Lipinski definition) is 3. The molecule has 1 unspecified atom stereocenters. The number of aliphatic hydroxyl groups is 2. The van der Waals surface area contributed by atoms with E-state index in [1.54, 1.807) is 7.11 Å². The maximum Gasteiger partial charge on any atom is 0.119 e. The Morgan fingerprint density at radius 2 is 1.94 bits per heavy atom. The highest BCUT2D eigenvalue weighted by molar-refractivity contribution is 5.29. The first-order valence-electron chi connectivity index (χ1n) is 6.09. The van der Waals surface area contributed by atoms with Gasteiger partial charge in [-0.25, -0.2) is 0 Å². The van der Waals surface area contributed by atoms with Crippen molar-refractivity contribution in [3.8, 4) is 5.75 Å². The molecule has 3 heteroatoms. The lowest BCUT2D eigenvalue weighted by Crippen LogP contribution is -2.42. The zero-order valence-corrected chi connectivity index (χ0v) is 10.8. The molecule has 0 saturated carbocycles. The fourth-order valence-corrected chi connectivity index (χ4v) is 1.93. The molecule has 0 spiro atoms. The average Bonchev–Trinajstić information content (AvgIpc) is 2.37. The summed E-state index contributed by atoms with van der Waals surface area (Å²) in [4.78, 5) is 0. The van der Waals surface area contributed by atoms with E-state index in [-0.39, 0.29) is 0 Å². The van der Waals surface area contributed by atoms with Gasteiger partial charge < -0.3 is 14.9 Å². The number of ether oxygens (including phenoxy) is 1. The molecule has 0 saturated heterocycles. The van der Waals surface area contributed by atoms with Crippen molar-refractivity contribution in [2.75, 3.05) is 7.11 Å². The Bertz CT molecular complexity index is 345. The minimum atomic E-state index is -0.997. The van der Waals surface area contributed by atoms with Crippen molar-refractivity contribution < 1.29 is 14.9 Å². The highest BCUT2D eigenvalue weighted by atomic mass is 16.5. The Balaban J connectivity index is 2.76. The summed E-state index contributed by atoms with van der Waals surface area (Å²) in [6.07, 6.45) is 0.795. The Kier molecular flexibility index (Phi) is 4.97. The van der Waals surface area contributed by atoms with Crippen LogP contribution in [0.5, 0.6) is 5.75 Å². The van der Waals surface area contributed by atoms with E-state index in [9.17, 15) is 10.2 Å². The maximum atomic E-state index is 10.2. The van der Waals surface area contributed by atoms with Gasteiger partial charge in [-0.1, -0.05) is 26.0 Å². The van der Waals surface area contributed by atoms with E-state index < -0.39 is 11.7 Å². The molecule has 0 fully saturated rings. The third kappa shape index (κ3) is 3.45. The van der Waals surface area contributed by atoms with Gasteiger partial charge in [0.1, 0.15) is 5.75 Å². The van der Waals surface area contributed by atoms with Gasteiger partial charge in [0.25, 0.3) is 0 Å². The van der Waals surface area contributed by atoms with Gasteiger partial charge in [0.05, 0.1) is 18.8 Å². The van der Waals surface area contributed by atoms with Crippen molar-refractivity contribution in [3.05, 3.63) is 29.8 Å². The average molecular weight is 238 g/mol. The molecular weight excluding hydrogens is 216 g/mol. The zero-order valence-electron chi connectivity index (χ0n) is 10.8. The van der Waals surface area contributed by atoms with E-state index in [1.807, 2.05) is 38.1 Å². The van der Waals surface area contributed by atoms with Crippen LogP contribution in [-0.2, 0) is 6.42 Å². The molecule has 1 aromatic rings. The number of rotatable bonds is 6. The number of benzene rings is 1. The van der Waals surface area contributed by atoms with E-state index in [1.165, 1.54) is 0 Å². The second kappa shape index (κ2) is 6.03. The molecule has 0 amide bonds. The third-order valence-electron chi connectivity index (χ3n) is 3.41. The van der Waals surface area contributed by atoms with Gasteiger partial charge >= 0.3 is 0 Å². The Morgan fingerprint density at radius 3 is 2.47 bits per heavy atom. The first-order chi connectivity index (χ1) is 8.05. The van der Waals surface area contributed by atoms with Gasteiger partial charge in [0.2, 0.25) is 0 Å². The van der Waals surface area contributed by atoms with Crippen LogP contribution in [0.15, 0.2) is 24.3 Å². The van der Waals surface area contributed by atoms with Gasteiger partial charge in [-0.15, -0.1) is 0 Å². The Labute approximate surface area is 103 Å². The Hall–Kier alpha value is -1.06. The fourth-order valence-electron chi connectivity index (χ4n) is 1.93. The molecule has 0 aromatic heterocycles. The summed E-state index contributed by atoms with van der Waals surface area (Å²) in [6.45, 7) is 3.77. The third-order valence-corrected chi connectivity index (χ3v) is 3.41. The lowest BCUT2D eigenvalue weighted by Gasteiger charge is -2.31. The molecule has 1 rings (SSSR count). The van der Waals surface area contributed by atoms with Gasteiger partial charge in [-0.2, -0.15) is 0 Å². The summed E-state index contributed by atoms with van der Waals surface area (Å²) in [7, 11) is 1.62. The molecule has 0 aliphatic carbocycles. The summed E-state index contributed by atoms with van der Waals surface area (Å²) >= 11 is 0. The quantitative estimate of drug-likeness (QED) is 0.798. The second-order valence-corrected chi connectivity index (χ2v) is 4.38. The van der Waals surface area contributed by atoms with Crippen LogP contribution in [0, 0.1) is 0 Å². The van der Waals surface area contributed by atoms with Crippen molar-refractivity contribution in [1.82, 2.24) is 0 Å². The molecule has 3 nitrogen and oxygen atoms in total. The van der Waals surface area contributed by atoms with Crippen LogP contribution >= 0.6 is 0 Å². The molecule has 17 heavy (non-hydrogen) atoms. The van der Waals surface area contributed by atoms with Crippen LogP contribution in [0.1, 0.15) is 32.3 Å². The maximum absolute atomic E-state index is 10.2. The SMILES string of the molecule is CCC(O)(CC)C(O)Cc1cccc(OC)c1. The normalized spacial score (nSPS) is 13.5. The smallest absolute Gasteiger partial charge is 0.119 e. The summed E-state index contributed by atoms with van der Waals surface area (Å²) in [5.74, 6) is 0.770. The van der Waals surface area contributed by atoms with Gasteiger partial charge in [0, 0.05) is 6.42 Å². The number of methoxy groups -OCH3 is 1. The fraction of sp³-hybridized carbons (Fsp3) is 0.571. The van der Waals surface area contributed by atoms with Crippen molar-refractivity contribution in [3.63, 3.8) is 0 Å². The minimum Gasteiger partial charge on any atom is -0.497 e. The van der Waals surface area contributed by atoms with Gasteiger partial charge in [-0.3, -0.25) is 0 Å². The second-order valence-electron chi connectivity index (χ2n) is 4.38. The van der Waals surface area contributed by atoms with Crippen molar-refractivity contribution in [1.29, 1.82) is 0 Å². The van der Waals surface area contributed by atoms with E-state index in [0.717, 1.165) is 11.3 Å². The lowest BCUT2D eigenvalue weighted by atomic mass is 9.87. The lowest BCUT2D eigenvalue weighted by molar-refractivity contribution is -0.0790.